The molecule has 136 valence electrons. The second-order valence-electron chi connectivity index (χ2n) is 6.18. The molecule has 9 heteroatoms. The van der Waals surface area contributed by atoms with E-state index >= 15 is 0 Å². The first-order valence-corrected chi connectivity index (χ1v) is 8.36. The number of rotatable bonds is 3. The number of carbonyl (C=O) groups excluding carboxylic acids is 1. The first kappa shape index (κ1) is 16.6. The Morgan fingerprint density at radius 2 is 2.23 bits per heavy atom. The lowest BCUT2D eigenvalue weighted by molar-refractivity contribution is -0.0319. The molecule has 0 N–H and O–H groups in total. The van der Waals surface area contributed by atoms with E-state index in [1.54, 1.807) is 22.5 Å². The number of aromatic nitrogens is 5. The van der Waals surface area contributed by atoms with Crippen molar-refractivity contribution in [3.8, 4) is 11.3 Å². The molecule has 3 aromatic rings. The van der Waals surface area contributed by atoms with Crippen molar-refractivity contribution in [2.24, 2.45) is 7.05 Å². The molecule has 8 nitrogen and oxygen atoms in total. The van der Waals surface area contributed by atoms with Crippen LogP contribution in [0.15, 0.2) is 18.5 Å². The van der Waals surface area contributed by atoms with Crippen LogP contribution in [0, 0.1) is 5.82 Å². The number of methoxy groups -OCH3 is 1. The second-order valence-corrected chi connectivity index (χ2v) is 6.18. The number of aryl methyl sites for hydroxylation is 1. The third-order valence-electron chi connectivity index (χ3n) is 4.41. The van der Waals surface area contributed by atoms with Crippen molar-refractivity contribution in [2.75, 3.05) is 13.7 Å². The number of halogens is 1. The number of fused-ring (bicyclic) bond motifs is 1. The number of ether oxygens (including phenoxy) is 2. The zero-order valence-corrected chi connectivity index (χ0v) is 14.5. The van der Waals surface area contributed by atoms with E-state index in [-0.39, 0.29) is 23.3 Å². The summed E-state index contributed by atoms with van der Waals surface area (Å²) in [7, 11) is 3.03. The number of hydrogen-bond donors (Lipinski definition) is 0. The standard InChI is InChI=1S/C17H18FN5O3/c1-22-9-10(8-19-22)14-11(18)7-12-15(21-14)23(13-5-3-4-6-26-13)16(20-12)17(24)25-2/h7-9,13H,3-6H2,1-2H3. The van der Waals surface area contributed by atoms with Gasteiger partial charge < -0.3 is 9.47 Å². The monoisotopic (exact) mass is 359 g/mol. The summed E-state index contributed by atoms with van der Waals surface area (Å²) in [5, 5.41) is 4.06. The molecule has 0 aromatic carbocycles. The predicted molar refractivity (Wildman–Crippen MR) is 89.9 cm³/mol. The molecule has 4 heterocycles. The molecule has 0 amide bonds. The maximum atomic E-state index is 14.6. The quantitative estimate of drug-likeness (QED) is 0.668. The topological polar surface area (TPSA) is 84.1 Å². The molecule has 1 aliphatic rings. The Bertz CT molecular complexity index is 974. The summed E-state index contributed by atoms with van der Waals surface area (Å²) < 4.78 is 28.4. The number of hydrogen-bond acceptors (Lipinski definition) is 6. The van der Waals surface area contributed by atoms with Gasteiger partial charge in [0.05, 0.1) is 13.3 Å². The molecular formula is C17H18FN5O3. The van der Waals surface area contributed by atoms with Crippen LogP contribution in [-0.4, -0.2) is 44.0 Å². The van der Waals surface area contributed by atoms with Crippen LogP contribution in [0.3, 0.4) is 0 Å². The number of pyridine rings is 1. The van der Waals surface area contributed by atoms with Crippen molar-refractivity contribution in [3.63, 3.8) is 0 Å². The summed E-state index contributed by atoms with van der Waals surface area (Å²) in [5.41, 5.74) is 1.37. The molecule has 0 saturated carbocycles. The Hall–Kier alpha value is -2.81. The van der Waals surface area contributed by atoms with E-state index < -0.39 is 11.8 Å². The number of imidazole rings is 1. The highest BCUT2D eigenvalue weighted by Crippen LogP contribution is 2.31. The molecule has 1 saturated heterocycles. The molecule has 26 heavy (non-hydrogen) atoms. The Balaban J connectivity index is 1.93. The van der Waals surface area contributed by atoms with Gasteiger partial charge in [0, 0.05) is 31.5 Å². The molecule has 1 fully saturated rings. The summed E-state index contributed by atoms with van der Waals surface area (Å²) in [6.45, 7) is 0.585. The van der Waals surface area contributed by atoms with Crippen LogP contribution in [0.2, 0.25) is 0 Å². The van der Waals surface area contributed by atoms with Gasteiger partial charge in [-0.05, 0) is 19.3 Å². The van der Waals surface area contributed by atoms with Gasteiger partial charge in [0.1, 0.15) is 17.4 Å². The van der Waals surface area contributed by atoms with Crippen LogP contribution in [-0.2, 0) is 16.5 Å². The zero-order valence-electron chi connectivity index (χ0n) is 14.5. The van der Waals surface area contributed by atoms with Crippen molar-refractivity contribution >= 4 is 17.1 Å². The van der Waals surface area contributed by atoms with Crippen LogP contribution in [0.5, 0.6) is 0 Å². The van der Waals surface area contributed by atoms with Crippen molar-refractivity contribution in [1.29, 1.82) is 0 Å². The SMILES string of the molecule is COC(=O)c1nc2cc(F)c(-c3cnn(C)c3)nc2n1C1CCCCO1. The minimum absolute atomic E-state index is 0.0598. The van der Waals surface area contributed by atoms with Gasteiger partial charge in [-0.15, -0.1) is 0 Å². The normalized spacial score (nSPS) is 17.6. The molecule has 0 radical (unpaired) electrons. The van der Waals surface area contributed by atoms with Gasteiger partial charge in [-0.25, -0.2) is 19.2 Å². The fourth-order valence-corrected chi connectivity index (χ4v) is 3.18. The first-order valence-electron chi connectivity index (χ1n) is 8.36. The van der Waals surface area contributed by atoms with Crippen LogP contribution in [0.1, 0.15) is 36.1 Å². The molecule has 4 rings (SSSR count). The lowest BCUT2D eigenvalue weighted by Crippen LogP contribution is -2.23. The highest BCUT2D eigenvalue weighted by molar-refractivity contribution is 5.90. The van der Waals surface area contributed by atoms with Crippen molar-refractivity contribution in [1.82, 2.24) is 24.3 Å². The largest absolute Gasteiger partial charge is 0.463 e. The lowest BCUT2D eigenvalue weighted by Gasteiger charge is -2.25. The van der Waals surface area contributed by atoms with E-state index in [0.717, 1.165) is 19.3 Å². The van der Waals surface area contributed by atoms with Gasteiger partial charge >= 0.3 is 5.97 Å². The van der Waals surface area contributed by atoms with Gasteiger partial charge in [0.2, 0.25) is 5.82 Å². The third kappa shape index (κ3) is 2.74. The van der Waals surface area contributed by atoms with E-state index in [0.29, 0.717) is 17.8 Å². The third-order valence-corrected chi connectivity index (χ3v) is 4.41. The van der Waals surface area contributed by atoms with E-state index in [4.69, 9.17) is 9.47 Å². The number of carbonyl (C=O) groups is 1. The summed E-state index contributed by atoms with van der Waals surface area (Å²) in [6, 6.07) is 1.27. The first-order chi connectivity index (χ1) is 12.6. The Kier molecular flexibility index (Phi) is 4.15. The molecule has 0 bridgehead atoms. The molecule has 0 aliphatic carbocycles. The smallest absolute Gasteiger partial charge is 0.374 e. The summed E-state index contributed by atoms with van der Waals surface area (Å²) >= 11 is 0. The molecule has 1 atom stereocenters. The van der Waals surface area contributed by atoms with Crippen LogP contribution in [0.25, 0.3) is 22.4 Å². The lowest BCUT2D eigenvalue weighted by atomic mass is 10.2. The average molecular weight is 359 g/mol. The van der Waals surface area contributed by atoms with Gasteiger partial charge in [-0.2, -0.15) is 5.10 Å². The molecule has 1 aliphatic heterocycles. The van der Waals surface area contributed by atoms with Gasteiger partial charge in [-0.3, -0.25) is 9.25 Å². The minimum Gasteiger partial charge on any atom is -0.463 e. The highest BCUT2D eigenvalue weighted by Gasteiger charge is 2.28. The maximum Gasteiger partial charge on any atom is 0.374 e. The molecular weight excluding hydrogens is 341 g/mol. The maximum absolute atomic E-state index is 14.6. The molecule has 3 aromatic heterocycles. The van der Waals surface area contributed by atoms with Gasteiger partial charge in [0.25, 0.3) is 0 Å². The fraction of sp³-hybridized carbons (Fsp3) is 0.412. The number of nitrogens with zero attached hydrogens (tertiary/aromatic N) is 5. The zero-order chi connectivity index (χ0) is 18.3. The van der Waals surface area contributed by atoms with Crippen LogP contribution >= 0.6 is 0 Å². The fourth-order valence-electron chi connectivity index (χ4n) is 3.18. The van der Waals surface area contributed by atoms with Crippen molar-refractivity contribution < 1.29 is 18.7 Å². The molecule has 0 spiro atoms. The van der Waals surface area contributed by atoms with Crippen molar-refractivity contribution in [3.05, 3.63) is 30.1 Å². The van der Waals surface area contributed by atoms with Gasteiger partial charge in [-0.1, -0.05) is 0 Å². The van der Waals surface area contributed by atoms with Crippen LogP contribution < -0.4 is 0 Å². The molecule has 1 unspecified atom stereocenters. The predicted octanol–water partition coefficient (Wildman–Crippen LogP) is 2.46. The minimum atomic E-state index is -0.611. The Morgan fingerprint density at radius 1 is 1.38 bits per heavy atom. The van der Waals surface area contributed by atoms with E-state index in [9.17, 15) is 9.18 Å². The van der Waals surface area contributed by atoms with Gasteiger partial charge in [0.15, 0.2) is 11.5 Å². The number of esters is 1. The summed E-state index contributed by atoms with van der Waals surface area (Å²) in [6.07, 6.45) is 5.47. The van der Waals surface area contributed by atoms with E-state index in [1.807, 2.05) is 0 Å². The summed E-state index contributed by atoms with van der Waals surface area (Å²) in [5.74, 6) is -1.08. The summed E-state index contributed by atoms with van der Waals surface area (Å²) in [4.78, 5) is 20.9. The Morgan fingerprint density at radius 3 is 2.88 bits per heavy atom. The van der Waals surface area contributed by atoms with Crippen LogP contribution in [0.4, 0.5) is 4.39 Å². The van der Waals surface area contributed by atoms with E-state index in [2.05, 4.69) is 15.1 Å². The van der Waals surface area contributed by atoms with Crippen molar-refractivity contribution in [2.45, 2.75) is 25.5 Å². The highest BCUT2D eigenvalue weighted by atomic mass is 19.1. The second kappa shape index (κ2) is 6.49. The van der Waals surface area contributed by atoms with E-state index in [1.165, 1.54) is 19.4 Å². The Labute approximate surface area is 148 Å². The average Bonchev–Trinajstić information content (AvgIpc) is 3.24.